The lowest BCUT2D eigenvalue weighted by molar-refractivity contribution is -0.119. The monoisotopic (exact) mass is 361 g/mol. The average molecular weight is 362 g/mol. The van der Waals surface area contributed by atoms with Crippen LogP contribution >= 0.6 is 11.6 Å². The molecule has 2 heterocycles. The largest absolute Gasteiger partial charge is 0.456 e. The van der Waals surface area contributed by atoms with Gasteiger partial charge in [-0.3, -0.25) is 9.78 Å². The van der Waals surface area contributed by atoms with Crippen LogP contribution in [0.2, 0.25) is 5.02 Å². The van der Waals surface area contributed by atoms with E-state index < -0.39 is 6.04 Å². The van der Waals surface area contributed by atoms with Crippen LogP contribution in [0, 0.1) is 5.92 Å². The Hall–Kier alpha value is -2.15. The normalized spacial score (nSPS) is 16.2. The summed E-state index contributed by atoms with van der Waals surface area (Å²) < 4.78 is 11.0. The number of pyridine rings is 1. The Kier molecular flexibility index (Phi) is 5.86. The molecule has 1 aliphatic rings. The summed E-state index contributed by atoms with van der Waals surface area (Å²) in [5.41, 5.74) is 6.66. The summed E-state index contributed by atoms with van der Waals surface area (Å²) >= 11 is 6.25. The molecule has 0 saturated carbocycles. The first-order valence-electron chi connectivity index (χ1n) is 8.15. The van der Waals surface area contributed by atoms with Crippen molar-refractivity contribution < 1.29 is 14.3 Å². The molecular formula is C18H20ClN3O3. The zero-order valence-electron chi connectivity index (χ0n) is 13.7. The van der Waals surface area contributed by atoms with Crippen LogP contribution in [0.4, 0.5) is 5.69 Å². The number of rotatable bonds is 5. The molecule has 2 aromatic rings. The lowest BCUT2D eigenvalue weighted by Crippen LogP contribution is -2.43. The molecule has 1 aromatic heterocycles. The van der Waals surface area contributed by atoms with Gasteiger partial charge in [0.25, 0.3) is 0 Å². The molecule has 1 unspecified atom stereocenters. The van der Waals surface area contributed by atoms with Crippen molar-refractivity contribution in [3.63, 3.8) is 0 Å². The van der Waals surface area contributed by atoms with Gasteiger partial charge in [-0.1, -0.05) is 11.6 Å². The predicted molar refractivity (Wildman–Crippen MR) is 95.9 cm³/mol. The van der Waals surface area contributed by atoms with Crippen LogP contribution in [0.3, 0.4) is 0 Å². The van der Waals surface area contributed by atoms with Gasteiger partial charge in [0.2, 0.25) is 5.91 Å². The predicted octanol–water partition coefficient (Wildman–Crippen LogP) is 3.22. The van der Waals surface area contributed by atoms with Gasteiger partial charge in [-0.2, -0.15) is 0 Å². The van der Waals surface area contributed by atoms with E-state index in [1.165, 1.54) is 0 Å². The van der Waals surface area contributed by atoms with E-state index >= 15 is 0 Å². The Labute approximate surface area is 151 Å². The van der Waals surface area contributed by atoms with E-state index in [-0.39, 0.29) is 11.8 Å². The van der Waals surface area contributed by atoms with Crippen LogP contribution in [-0.2, 0) is 9.53 Å². The number of hydrogen-bond donors (Lipinski definition) is 2. The molecule has 1 aliphatic heterocycles. The number of ether oxygens (including phenoxy) is 2. The number of halogens is 1. The summed E-state index contributed by atoms with van der Waals surface area (Å²) in [7, 11) is 0. The first-order chi connectivity index (χ1) is 12.1. The van der Waals surface area contributed by atoms with Gasteiger partial charge in [-0.15, -0.1) is 0 Å². The van der Waals surface area contributed by atoms with Crippen LogP contribution in [0.25, 0.3) is 0 Å². The van der Waals surface area contributed by atoms with E-state index in [1.54, 1.807) is 42.7 Å². The fourth-order valence-electron chi connectivity index (χ4n) is 2.71. The second-order valence-electron chi connectivity index (χ2n) is 5.90. The van der Waals surface area contributed by atoms with Crippen molar-refractivity contribution in [2.24, 2.45) is 11.7 Å². The minimum absolute atomic E-state index is 0.138. The summed E-state index contributed by atoms with van der Waals surface area (Å²) in [6.07, 6.45) is 4.87. The molecule has 3 rings (SSSR count). The van der Waals surface area contributed by atoms with Crippen LogP contribution in [0.5, 0.6) is 11.5 Å². The first-order valence-corrected chi connectivity index (χ1v) is 8.53. The smallest absolute Gasteiger partial charge is 0.241 e. The first kappa shape index (κ1) is 17.7. The molecule has 1 atom stereocenters. The van der Waals surface area contributed by atoms with E-state index in [1.807, 2.05) is 0 Å². The van der Waals surface area contributed by atoms with Crippen molar-refractivity contribution in [2.45, 2.75) is 18.9 Å². The fourth-order valence-corrected chi connectivity index (χ4v) is 2.93. The number of nitrogens with zero attached hydrogens (tertiary/aromatic N) is 1. The van der Waals surface area contributed by atoms with Gasteiger partial charge >= 0.3 is 0 Å². The summed E-state index contributed by atoms with van der Waals surface area (Å²) in [6.45, 7) is 1.30. The van der Waals surface area contributed by atoms with E-state index in [0.29, 0.717) is 35.4 Å². The molecule has 0 bridgehead atoms. The van der Waals surface area contributed by atoms with E-state index in [2.05, 4.69) is 10.3 Å². The highest BCUT2D eigenvalue weighted by Crippen LogP contribution is 2.31. The molecule has 0 radical (unpaired) electrons. The fraction of sp³-hybridized carbons (Fsp3) is 0.333. The molecule has 6 nitrogen and oxygen atoms in total. The third kappa shape index (κ3) is 4.69. The molecule has 7 heteroatoms. The maximum Gasteiger partial charge on any atom is 0.241 e. The molecule has 3 N–H and O–H groups in total. The number of hydrogen-bond acceptors (Lipinski definition) is 5. The average Bonchev–Trinajstić information content (AvgIpc) is 2.65. The van der Waals surface area contributed by atoms with E-state index in [9.17, 15) is 4.79 Å². The highest BCUT2D eigenvalue weighted by atomic mass is 35.5. The molecule has 25 heavy (non-hydrogen) atoms. The van der Waals surface area contributed by atoms with E-state index in [0.717, 1.165) is 12.8 Å². The molecule has 1 amide bonds. The number of benzene rings is 1. The van der Waals surface area contributed by atoms with Gasteiger partial charge < -0.3 is 20.5 Å². The SMILES string of the molecule is NC(C(=O)Nc1ccc(Oc2ccncc2)c(Cl)c1)C1CCOCC1. The molecular weight excluding hydrogens is 342 g/mol. The zero-order chi connectivity index (χ0) is 17.6. The van der Waals surface area contributed by atoms with Gasteiger partial charge in [-0.05, 0) is 49.1 Å². The summed E-state index contributed by atoms with van der Waals surface area (Å²) in [5, 5.41) is 3.21. The van der Waals surface area contributed by atoms with Crippen LogP contribution in [-0.4, -0.2) is 30.1 Å². The number of carbonyl (C=O) groups is 1. The molecule has 1 saturated heterocycles. The maximum absolute atomic E-state index is 12.3. The Morgan fingerprint density at radius 3 is 2.68 bits per heavy atom. The summed E-state index contributed by atoms with van der Waals surface area (Å²) in [5.74, 6) is 1.05. The quantitative estimate of drug-likeness (QED) is 0.853. The minimum atomic E-state index is -0.560. The summed E-state index contributed by atoms with van der Waals surface area (Å²) in [4.78, 5) is 16.3. The van der Waals surface area contributed by atoms with Crippen molar-refractivity contribution in [3.05, 3.63) is 47.7 Å². The second kappa shape index (κ2) is 8.29. The van der Waals surface area contributed by atoms with Crippen LogP contribution in [0.1, 0.15) is 12.8 Å². The lowest BCUT2D eigenvalue weighted by atomic mass is 9.92. The Morgan fingerprint density at radius 1 is 1.28 bits per heavy atom. The Balaban J connectivity index is 1.63. The maximum atomic E-state index is 12.3. The van der Waals surface area contributed by atoms with Gasteiger partial charge in [0.1, 0.15) is 11.5 Å². The third-order valence-electron chi connectivity index (χ3n) is 4.15. The second-order valence-corrected chi connectivity index (χ2v) is 6.30. The van der Waals surface area contributed by atoms with Crippen LogP contribution < -0.4 is 15.8 Å². The van der Waals surface area contributed by atoms with Gasteiger partial charge in [0.15, 0.2) is 0 Å². The number of aromatic nitrogens is 1. The van der Waals surface area contributed by atoms with Gasteiger partial charge in [0, 0.05) is 31.3 Å². The Bertz CT molecular complexity index is 721. The number of amides is 1. The van der Waals surface area contributed by atoms with E-state index in [4.69, 9.17) is 26.8 Å². The molecule has 1 fully saturated rings. The number of nitrogens with two attached hydrogens (primary N) is 1. The number of carbonyl (C=O) groups excluding carboxylic acids is 1. The number of nitrogens with one attached hydrogen (secondary N) is 1. The minimum Gasteiger partial charge on any atom is -0.456 e. The highest BCUT2D eigenvalue weighted by molar-refractivity contribution is 6.32. The molecule has 0 aliphatic carbocycles. The Morgan fingerprint density at radius 2 is 2.00 bits per heavy atom. The third-order valence-corrected chi connectivity index (χ3v) is 4.45. The molecule has 1 aromatic carbocycles. The van der Waals surface area contributed by atoms with Gasteiger partial charge in [0.05, 0.1) is 11.1 Å². The lowest BCUT2D eigenvalue weighted by Gasteiger charge is -2.26. The molecule has 0 spiro atoms. The van der Waals surface area contributed by atoms with Crippen LogP contribution in [0.15, 0.2) is 42.7 Å². The van der Waals surface area contributed by atoms with Gasteiger partial charge in [-0.25, -0.2) is 0 Å². The standard InChI is InChI=1S/C18H20ClN3O3/c19-15-11-13(1-2-16(15)25-14-3-7-21-8-4-14)22-18(23)17(20)12-5-9-24-10-6-12/h1-4,7-8,11-12,17H,5-6,9-10,20H2,(H,22,23). The van der Waals surface area contributed by atoms with Crippen molar-refractivity contribution >= 4 is 23.2 Å². The van der Waals surface area contributed by atoms with Crippen molar-refractivity contribution in [2.75, 3.05) is 18.5 Å². The molecule has 132 valence electrons. The van der Waals surface area contributed by atoms with Crippen molar-refractivity contribution in [1.82, 2.24) is 4.98 Å². The number of anilines is 1. The topological polar surface area (TPSA) is 86.5 Å². The zero-order valence-corrected chi connectivity index (χ0v) is 14.4. The summed E-state index contributed by atoms with van der Waals surface area (Å²) in [6, 6.07) is 8.00. The van der Waals surface area contributed by atoms with Crippen molar-refractivity contribution in [1.29, 1.82) is 0 Å². The highest BCUT2D eigenvalue weighted by Gasteiger charge is 2.26. The van der Waals surface area contributed by atoms with Crippen molar-refractivity contribution in [3.8, 4) is 11.5 Å².